The van der Waals surface area contributed by atoms with Gasteiger partial charge in [0.25, 0.3) is 0 Å². The Labute approximate surface area is 260 Å². The maximum atomic E-state index is 9.60. The van der Waals surface area contributed by atoms with E-state index in [-0.39, 0.29) is 30.8 Å². The summed E-state index contributed by atoms with van der Waals surface area (Å²) in [6.07, 6.45) is -0.739. The molecule has 3 N–H and O–H groups in total. The lowest BCUT2D eigenvalue weighted by Gasteiger charge is -2.43. The van der Waals surface area contributed by atoms with Crippen molar-refractivity contribution in [3.05, 3.63) is 143 Å². The molecule has 0 radical (unpaired) electrons. The summed E-state index contributed by atoms with van der Waals surface area (Å²) in [5.41, 5.74) is 13.6. The molecule has 1 aliphatic heterocycles. The Morgan fingerprint density at radius 3 is 2.20 bits per heavy atom. The second kappa shape index (κ2) is 13.4. The van der Waals surface area contributed by atoms with Crippen LogP contribution >= 0.6 is 0 Å². The van der Waals surface area contributed by atoms with Crippen LogP contribution < -0.4 is 5.73 Å². The average Bonchev–Trinajstić information content (AvgIpc) is 3.08. The van der Waals surface area contributed by atoms with Gasteiger partial charge in [0, 0.05) is 30.6 Å². The highest BCUT2D eigenvalue weighted by Gasteiger charge is 2.39. The fourth-order valence-corrected chi connectivity index (χ4v) is 6.29. The van der Waals surface area contributed by atoms with E-state index in [1.165, 1.54) is 16.3 Å². The van der Waals surface area contributed by atoms with Gasteiger partial charge in [-0.25, -0.2) is 0 Å². The first kappa shape index (κ1) is 30.2. The van der Waals surface area contributed by atoms with Crippen molar-refractivity contribution in [2.75, 3.05) is 13.6 Å². The third kappa shape index (κ3) is 6.34. The highest BCUT2D eigenvalue weighted by atomic mass is 16.7. The smallest absolute Gasteiger partial charge is 0.184 e. The Bertz CT molecular complexity index is 1680. The molecule has 0 aliphatic carbocycles. The fraction of sp³-hybridized carbons (Fsp3) is 0.282. The molecule has 44 heavy (non-hydrogen) atoms. The predicted octanol–water partition coefficient (Wildman–Crippen LogP) is 7.94. The van der Waals surface area contributed by atoms with Crippen LogP contribution in [0, 0.1) is 5.92 Å². The van der Waals surface area contributed by atoms with E-state index in [1.54, 1.807) is 0 Å². The van der Waals surface area contributed by atoms with Crippen LogP contribution in [0.2, 0.25) is 0 Å². The van der Waals surface area contributed by atoms with Gasteiger partial charge in [0.2, 0.25) is 0 Å². The molecule has 5 aromatic rings. The normalized spacial score (nSPS) is 21.0. The zero-order chi connectivity index (χ0) is 30.6. The fourth-order valence-electron chi connectivity index (χ4n) is 6.29. The van der Waals surface area contributed by atoms with E-state index in [0.717, 1.165) is 39.9 Å². The van der Waals surface area contributed by atoms with Crippen molar-refractivity contribution in [2.45, 2.75) is 51.5 Å². The third-order valence-electron chi connectivity index (χ3n) is 9.24. The monoisotopic (exact) mass is 586 g/mol. The van der Waals surface area contributed by atoms with E-state index in [9.17, 15) is 5.11 Å². The molecule has 0 bridgehead atoms. The van der Waals surface area contributed by atoms with E-state index in [4.69, 9.17) is 15.2 Å². The maximum Gasteiger partial charge on any atom is 0.184 e. The first-order valence-electron chi connectivity index (χ1n) is 15.5. The van der Waals surface area contributed by atoms with E-state index in [1.807, 2.05) is 24.3 Å². The quantitative estimate of drug-likeness (QED) is 0.184. The van der Waals surface area contributed by atoms with Crippen molar-refractivity contribution in [3.63, 3.8) is 0 Å². The molecule has 1 heterocycles. The number of hydrogen-bond donors (Lipinski definition) is 2. The summed E-state index contributed by atoms with van der Waals surface area (Å²) >= 11 is 0. The molecule has 5 heteroatoms. The van der Waals surface area contributed by atoms with Crippen LogP contribution in [0.25, 0.3) is 21.9 Å². The van der Waals surface area contributed by atoms with Crippen LogP contribution in [-0.4, -0.2) is 29.7 Å². The van der Waals surface area contributed by atoms with Gasteiger partial charge in [-0.3, -0.25) is 4.90 Å². The number of hydrogen-bond acceptors (Lipinski definition) is 5. The Hall–Kier alpha value is -3.84. The summed E-state index contributed by atoms with van der Waals surface area (Å²) in [6.45, 7) is 5.74. The third-order valence-corrected chi connectivity index (χ3v) is 9.24. The molecular formula is C39H42N2O3. The lowest BCUT2D eigenvalue weighted by molar-refractivity contribution is -0.276. The second-order valence-corrected chi connectivity index (χ2v) is 12.0. The van der Waals surface area contributed by atoms with E-state index < -0.39 is 6.29 Å². The Morgan fingerprint density at radius 2 is 1.48 bits per heavy atom. The molecule has 5 atom stereocenters. The van der Waals surface area contributed by atoms with E-state index >= 15 is 0 Å². The standard InChI is InChI=1S/C39H42N2O3/c1-26-37(24-41(3)27(2)33-21-16-29-8-4-5-9-34(29)22-33)43-39(44-38(26)31-14-12-28(25-42)13-15-31)32-19-17-30(18-20-32)36-11-7-6-10-35(36)23-40/h4-22,26-27,37-39,42H,23-25,40H2,1-3H3. The lowest BCUT2D eigenvalue weighted by Crippen LogP contribution is -2.44. The maximum absolute atomic E-state index is 9.60. The van der Waals surface area contributed by atoms with Crippen LogP contribution in [0.5, 0.6) is 0 Å². The lowest BCUT2D eigenvalue weighted by atomic mass is 9.89. The molecule has 226 valence electrons. The van der Waals surface area contributed by atoms with Gasteiger partial charge in [-0.05, 0) is 64.2 Å². The number of benzene rings is 5. The number of fused-ring (bicyclic) bond motifs is 1. The molecule has 5 nitrogen and oxygen atoms in total. The number of nitrogens with zero attached hydrogens (tertiary/aromatic N) is 1. The van der Waals surface area contributed by atoms with Crippen molar-refractivity contribution in [1.29, 1.82) is 0 Å². The zero-order valence-corrected chi connectivity index (χ0v) is 25.8. The van der Waals surface area contributed by atoms with Crippen molar-refractivity contribution in [3.8, 4) is 11.1 Å². The topological polar surface area (TPSA) is 68.0 Å². The minimum atomic E-state index is -0.512. The van der Waals surface area contributed by atoms with Crippen LogP contribution in [0.1, 0.15) is 60.1 Å². The summed E-state index contributed by atoms with van der Waals surface area (Å²) in [5, 5.41) is 12.1. The Balaban J connectivity index is 1.26. The van der Waals surface area contributed by atoms with Gasteiger partial charge in [0.05, 0.1) is 18.8 Å². The Kier molecular flexibility index (Phi) is 9.22. The van der Waals surface area contributed by atoms with Crippen LogP contribution in [0.15, 0.2) is 115 Å². The molecule has 0 spiro atoms. The van der Waals surface area contributed by atoms with Crippen LogP contribution in [0.4, 0.5) is 0 Å². The van der Waals surface area contributed by atoms with Gasteiger partial charge in [-0.2, -0.15) is 0 Å². The summed E-state index contributed by atoms with van der Waals surface area (Å²) in [4.78, 5) is 2.38. The molecule has 5 unspecified atom stereocenters. The van der Waals surface area contributed by atoms with Gasteiger partial charge >= 0.3 is 0 Å². The zero-order valence-electron chi connectivity index (χ0n) is 25.8. The molecule has 0 amide bonds. The molecular weight excluding hydrogens is 544 g/mol. The molecule has 0 aromatic heterocycles. The highest BCUT2D eigenvalue weighted by molar-refractivity contribution is 5.83. The molecule has 1 aliphatic rings. The minimum Gasteiger partial charge on any atom is -0.392 e. The van der Waals surface area contributed by atoms with Crippen molar-refractivity contribution in [2.24, 2.45) is 11.7 Å². The molecule has 0 saturated carbocycles. The average molecular weight is 587 g/mol. The first-order chi connectivity index (χ1) is 21.4. The minimum absolute atomic E-state index is 0.0206. The van der Waals surface area contributed by atoms with Crippen LogP contribution in [0.3, 0.4) is 0 Å². The molecule has 1 saturated heterocycles. The summed E-state index contributed by atoms with van der Waals surface area (Å²) in [7, 11) is 2.18. The number of aliphatic hydroxyl groups excluding tert-OH is 1. The van der Waals surface area contributed by atoms with Gasteiger partial charge in [0.1, 0.15) is 0 Å². The van der Waals surface area contributed by atoms with Gasteiger partial charge in [0.15, 0.2) is 6.29 Å². The van der Waals surface area contributed by atoms with Crippen LogP contribution in [-0.2, 0) is 22.6 Å². The summed E-state index contributed by atoms with van der Waals surface area (Å²) < 4.78 is 13.5. The SMILES string of the molecule is CC1C(CN(C)C(C)c2ccc3ccccc3c2)OC(c2ccc(-c3ccccc3CN)cc2)OC1c1ccc(CO)cc1. The summed E-state index contributed by atoms with van der Waals surface area (Å²) in [5.74, 6) is 0.105. The number of likely N-dealkylation sites (N-methyl/N-ethyl adjacent to an activating group) is 1. The molecule has 6 rings (SSSR count). The van der Waals surface area contributed by atoms with Gasteiger partial charge < -0.3 is 20.3 Å². The van der Waals surface area contributed by atoms with Gasteiger partial charge in [-0.15, -0.1) is 0 Å². The van der Waals surface area contributed by atoms with E-state index in [2.05, 4.69) is 117 Å². The molecule has 5 aromatic carbocycles. The van der Waals surface area contributed by atoms with Gasteiger partial charge in [-0.1, -0.05) is 116 Å². The number of ether oxygens (including phenoxy) is 2. The van der Waals surface area contributed by atoms with Crippen molar-refractivity contribution < 1.29 is 14.6 Å². The molecule has 1 fully saturated rings. The number of nitrogens with two attached hydrogens (primary N) is 1. The highest BCUT2D eigenvalue weighted by Crippen LogP contribution is 2.42. The summed E-state index contributed by atoms with van der Waals surface area (Å²) in [6, 6.07) is 40.3. The first-order valence-corrected chi connectivity index (χ1v) is 15.5. The Morgan fingerprint density at radius 1 is 0.795 bits per heavy atom. The second-order valence-electron chi connectivity index (χ2n) is 12.0. The predicted molar refractivity (Wildman–Crippen MR) is 178 cm³/mol. The largest absolute Gasteiger partial charge is 0.392 e. The van der Waals surface area contributed by atoms with Crippen molar-refractivity contribution >= 4 is 10.8 Å². The van der Waals surface area contributed by atoms with Crippen molar-refractivity contribution in [1.82, 2.24) is 4.90 Å². The number of aliphatic hydroxyl groups is 1. The van der Waals surface area contributed by atoms with E-state index in [0.29, 0.717) is 6.54 Å². The number of rotatable bonds is 9.